The molecule has 78 valence electrons. The first-order valence-corrected chi connectivity index (χ1v) is 5.21. The minimum atomic E-state index is -0.193. The fourth-order valence-electron chi connectivity index (χ4n) is 1.81. The van der Waals surface area contributed by atoms with Gasteiger partial charge in [0.25, 0.3) is 0 Å². The molecular formula is C13H13FO. The molecule has 0 atom stereocenters. The molecule has 1 aromatic carbocycles. The number of carbonyl (C=O) groups is 1. The molecule has 1 nitrogen and oxygen atoms in total. The number of rotatable bonds is 1. The van der Waals surface area contributed by atoms with E-state index in [0.717, 1.165) is 12.8 Å². The van der Waals surface area contributed by atoms with Gasteiger partial charge in [0, 0.05) is 18.4 Å². The van der Waals surface area contributed by atoms with E-state index in [0.29, 0.717) is 24.2 Å². The first kappa shape index (κ1) is 10.1. The first-order chi connectivity index (χ1) is 7.25. The number of Topliss-reactive ketones (excluding diaryl/α,β-unsaturated/α-hetero) is 1. The second-order valence-corrected chi connectivity index (χ2v) is 3.86. The van der Waals surface area contributed by atoms with Crippen LogP contribution in [0.25, 0.3) is 6.08 Å². The SMILES string of the molecule is O=C1CCC(=Cc2ccccc2F)CC1. The molecule has 1 aromatic rings. The second-order valence-electron chi connectivity index (χ2n) is 3.86. The van der Waals surface area contributed by atoms with Crippen molar-refractivity contribution in [1.82, 2.24) is 0 Å². The second kappa shape index (κ2) is 4.39. The van der Waals surface area contributed by atoms with Gasteiger partial charge < -0.3 is 0 Å². The maximum Gasteiger partial charge on any atom is 0.133 e. The van der Waals surface area contributed by atoms with Crippen molar-refractivity contribution in [3.8, 4) is 0 Å². The molecule has 1 aliphatic carbocycles. The summed E-state index contributed by atoms with van der Waals surface area (Å²) in [6.07, 6.45) is 4.67. The Labute approximate surface area is 88.6 Å². The lowest BCUT2D eigenvalue weighted by atomic mass is 9.92. The molecule has 0 heterocycles. The summed E-state index contributed by atoms with van der Waals surface area (Å²) in [6.45, 7) is 0. The van der Waals surface area contributed by atoms with Crippen molar-refractivity contribution in [2.24, 2.45) is 0 Å². The van der Waals surface area contributed by atoms with Gasteiger partial charge in [-0.05, 0) is 18.9 Å². The Morgan fingerprint density at radius 1 is 1.07 bits per heavy atom. The zero-order chi connectivity index (χ0) is 10.7. The normalized spacial score (nSPS) is 16.6. The molecule has 1 saturated carbocycles. The molecule has 2 heteroatoms. The monoisotopic (exact) mass is 204 g/mol. The van der Waals surface area contributed by atoms with E-state index in [-0.39, 0.29) is 5.82 Å². The molecule has 2 rings (SSSR count). The van der Waals surface area contributed by atoms with Gasteiger partial charge in [-0.25, -0.2) is 4.39 Å². The van der Waals surface area contributed by atoms with Gasteiger partial charge in [0.05, 0.1) is 0 Å². The van der Waals surface area contributed by atoms with Crippen molar-refractivity contribution in [3.05, 3.63) is 41.2 Å². The summed E-state index contributed by atoms with van der Waals surface area (Å²) in [5.41, 5.74) is 1.81. The third kappa shape index (κ3) is 2.52. The predicted octanol–water partition coefficient (Wildman–Crippen LogP) is 3.35. The van der Waals surface area contributed by atoms with Crippen LogP contribution in [0.3, 0.4) is 0 Å². The Morgan fingerprint density at radius 3 is 2.40 bits per heavy atom. The molecule has 0 bridgehead atoms. The Morgan fingerprint density at radius 2 is 1.73 bits per heavy atom. The van der Waals surface area contributed by atoms with E-state index in [1.165, 1.54) is 11.6 Å². The standard InChI is InChI=1S/C13H13FO/c14-13-4-2-1-3-11(13)9-10-5-7-12(15)8-6-10/h1-4,9H,5-8H2. The van der Waals surface area contributed by atoms with Crippen LogP contribution in [0.15, 0.2) is 29.8 Å². The number of halogens is 1. The van der Waals surface area contributed by atoms with Crippen LogP contribution in [0, 0.1) is 5.82 Å². The van der Waals surface area contributed by atoms with Gasteiger partial charge in [-0.15, -0.1) is 0 Å². The average Bonchev–Trinajstić information content (AvgIpc) is 2.25. The van der Waals surface area contributed by atoms with Crippen molar-refractivity contribution in [2.45, 2.75) is 25.7 Å². The molecule has 1 aliphatic rings. The Balaban J connectivity index is 2.17. The van der Waals surface area contributed by atoms with Gasteiger partial charge in [-0.1, -0.05) is 29.8 Å². The summed E-state index contributed by atoms with van der Waals surface area (Å²) in [6, 6.07) is 6.73. The largest absolute Gasteiger partial charge is 0.300 e. The number of allylic oxidation sites excluding steroid dienone is 1. The molecule has 0 unspecified atom stereocenters. The van der Waals surface area contributed by atoms with E-state index in [1.807, 2.05) is 12.1 Å². The van der Waals surface area contributed by atoms with E-state index in [4.69, 9.17) is 0 Å². The Hall–Kier alpha value is -1.44. The summed E-state index contributed by atoms with van der Waals surface area (Å²) in [4.78, 5) is 11.0. The van der Waals surface area contributed by atoms with Crippen molar-refractivity contribution < 1.29 is 9.18 Å². The Kier molecular flexibility index (Phi) is 2.95. The van der Waals surface area contributed by atoms with Gasteiger partial charge in [-0.2, -0.15) is 0 Å². The van der Waals surface area contributed by atoms with Gasteiger partial charge in [0.15, 0.2) is 0 Å². The highest BCUT2D eigenvalue weighted by atomic mass is 19.1. The summed E-state index contributed by atoms with van der Waals surface area (Å²) >= 11 is 0. The molecule has 0 aromatic heterocycles. The van der Waals surface area contributed by atoms with Crippen LogP contribution in [-0.2, 0) is 4.79 Å². The molecule has 0 amide bonds. The highest BCUT2D eigenvalue weighted by molar-refractivity contribution is 5.80. The van der Waals surface area contributed by atoms with Gasteiger partial charge in [0.1, 0.15) is 11.6 Å². The van der Waals surface area contributed by atoms with Crippen molar-refractivity contribution in [3.63, 3.8) is 0 Å². The van der Waals surface area contributed by atoms with E-state index in [1.54, 1.807) is 12.1 Å². The van der Waals surface area contributed by atoms with Gasteiger partial charge >= 0.3 is 0 Å². The summed E-state index contributed by atoms with van der Waals surface area (Å²) in [5, 5.41) is 0. The zero-order valence-electron chi connectivity index (χ0n) is 8.50. The van der Waals surface area contributed by atoms with Crippen LogP contribution < -0.4 is 0 Å². The fourth-order valence-corrected chi connectivity index (χ4v) is 1.81. The molecule has 0 N–H and O–H groups in total. The first-order valence-electron chi connectivity index (χ1n) is 5.21. The maximum absolute atomic E-state index is 13.3. The van der Waals surface area contributed by atoms with Crippen LogP contribution in [0.2, 0.25) is 0 Å². The minimum absolute atomic E-state index is 0.193. The molecule has 15 heavy (non-hydrogen) atoms. The maximum atomic E-state index is 13.3. The predicted molar refractivity (Wildman–Crippen MR) is 57.9 cm³/mol. The van der Waals surface area contributed by atoms with Crippen LogP contribution in [-0.4, -0.2) is 5.78 Å². The zero-order valence-corrected chi connectivity index (χ0v) is 8.50. The third-order valence-corrected chi connectivity index (χ3v) is 2.71. The number of ketones is 1. The van der Waals surface area contributed by atoms with Crippen molar-refractivity contribution >= 4 is 11.9 Å². The third-order valence-electron chi connectivity index (χ3n) is 2.71. The van der Waals surface area contributed by atoms with Crippen molar-refractivity contribution in [2.75, 3.05) is 0 Å². The highest BCUT2D eigenvalue weighted by Crippen LogP contribution is 2.23. The number of benzene rings is 1. The smallest absolute Gasteiger partial charge is 0.133 e. The van der Waals surface area contributed by atoms with Gasteiger partial charge in [-0.3, -0.25) is 4.79 Å². The summed E-state index contributed by atoms with van der Waals surface area (Å²) < 4.78 is 13.3. The molecule has 0 saturated heterocycles. The molecule has 1 fully saturated rings. The molecule has 0 spiro atoms. The van der Waals surface area contributed by atoms with Crippen LogP contribution >= 0.6 is 0 Å². The van der Waals surface area contributed by atoms with E-state index < -0.39 is 0 Å². The number of carbonyl (C=O) groups excluding carboxylic acids is 1. The van der Waals surface area contributed by atoms with E-state index in [2.05, 4.69) is 0 Å². The topological polar surface area (TPSA) is 17.1 Å². The summed E-state index contributed by atoms with van der Waals surface area (Å²) in [5.74, 6) is 0.127. The lowest BCUT2D eigenvalue weighted by Gasteiger charge is -2.12. The summed E-state index contributed by atoms with van der Waals surface area (Å²) in [7, 11) is 0. The molecular weight excluding hydrogens is 191 g/mol. The molecule has 0 radical (unpaired) electrons. The van der Waals surface area contributed by atoms with Gasteiger partial charge in [0.2, 0.25) is 0 Å². The quantitative estimate of drug-likeness (QED) is 0.685. The lowest BCUT2D eigenvalue weighted by molar-refractivity contribution is -0.119. The minimum Gasteiger partial charge on any atom is -0.300 e. The number of hydrogen-bond acceptors (Lipinski definition) is 1. The van der Waals surface area contributed by atoms with E-state index >= 15 is 0 Å². The van der Waals surface area contributed by atoms with Crippen LogP contribution in [0.1, 0.15) is 31.2 Å². The van der Waals surface area contributed by atoms with E-state index in [9.17, 15) is 9.18 Å². The molecule has 0 aliphatic heterocycles. The Bertz CT molecular complexity index is 395. The van der Waals surface area contributed by atoms with Crippen LogP contribution in [0.4, 0.5) is 4.39 Å². The number of hydrogen-bond donors (Lipinski definition) is 0. The lowest BCUT2D eigenvalue weighted by Crippen LogP contribution is -2.05. The highest BCUT2D eigenvalue weighted by Gasteiger charge is 2.12. The van der Waals surface area contributed by atoms with Crippen molar-refractivity contribution in [1.29, 1.82) is 0 Å². The fraction of sp³-hybridized carbons (Fsp3) is 0.308. The average molecular weight is 204 g/mol. The van der Waals surface area contributed by atoms with Crippen LogP contribution in [0.5, 0.6) is 0 Å².